The molecule has 0 saturated carbocycles. The van der Waals surface area contributed by atoms with Gasteiger partial charge < -0.3 is 14.5 Å². The Bertz CT molecular complexity index is 786. The van der Waals surface area contributed by atoms with Crippen molar-refractivity contribution in [3.63, 3.8) is 0 Å². The molecule has 0 aliphatic heterocycles. The van der Waals surface area contributed by atoms with Gasteiger partial charge in [0.15, 0.2) is 5.82 Å². The summed E-state index contributed by atoms with van der Waals surface area (Å²) in [5.41, 5.74) is 1.82. The summed E-state index contributed by atoms with van der Waals surface area (Å²) in [6.07, 6.45) is 7.25. The summed E-state index contributed by atoms with van der Waals surface area (Å²) in [5.74, 6) is 1.12. The molecular formula is C15H16BrN5O. The highest BCUT2D eigenvalue weighted by atomic mass is 79.9. The molecule has 22 heavy (non-hydrogen) atoms. The van der Waals surface area contributed by atoms with Crippen molar-refractivity contribution >= 4 is 27.4 Å². The fourth-order valence-corrected chi connectivity index (χ4v) is 2.39. The van der Waals surface area contributed by atoms with Crippen molar-refractivity contribution in [3.8, 4) is 5.88 Å². The summed E-state index contributed by atoms with van der Waals surface area (Å²) in [6.45, 7) is 4.46. The number of pyridine rings is 1. The second-order valence-corrected chi connectivity index (χ2v) is 5.99. The summed E-state index contributed by atoms with van der Waals surface area (Å²) in [6, 6.07) is 3.93. The van der Waals surface area contributed by atoms with Crippen molar-refractivity contribution in [2.45, 2.75) is 26.5 Å². The monoisotopic (exact) mass is 361 g/mol. The number of hydrogen-bond donors (Lipinski definition) is 1. The summed E-state index contributed by atoms with van der Waals surface area (Å²) in [4.78, 5) is 13.0. The van der Waals surface area contributed by atoms with Crippen LogP contribution in [0.15, 0.2) is 41.4 Å². The van der Waals surface area contributed by atoms with E-state index in [2.05, 4.69) is 36.2 Å². The van der Waals surface area contributed by atoms with Crippen molar-refractivity contribution in [2.75, 3.05) is 5.32 Å². The molecule has 0 fully saturated rings. The number of halogens is 1. The van der Waals surface area contributed by atoms with Crippen LogP contribution in [-0.4, -0.2) is 25.5 Å². The van der Waals surface area contributed by atoms with E-state index in [1.54, 1.807) is 12.4 Å². The molecule has 0 aliphatic rings. The highest BCUT2D eigenvalue weighted by molar-refractivity contribution is 9.10. The molecule has 0 amide bonds. The molecule has 0 aliphatic carbocycles. The quantitative estimate of drug-likeness (QED) is 0.755. The van der Waals surface area contributed by atoms with Gasteiger partial charge in [0.1, 0.15) is 5.65 Å². The van der Waals surface area contributed by atoms with Gasteiger partial charge in [0.25, 0.3) is 5.88 Å². The molecule has 0 radical (unpaired) electrons. The molecule has 1 N–H and O–H groups in total. The molecule has 0 unspecified atom stereocenters. The fraction of sp³-hybridized carbons (Fsp3) is 0.267. The minimum Gasteiger partial charge on any atom is -0.472 e. The third kappa shape index (κ3) is 3.36. The minimum absolute atomic E-state index is 0.0461. The van der Waals surface area contributed by atoms with Crippen molar-refractivity contribution in [1.82, 2.24) is 19.4 Å². The van der Waals surface area contributed by atoms with Crippen molar-refractivity contribution in [1.29, 1.82) is 0 Å². The van der Waals surface area contributed by atoms with E-state index in [0.717, 1.165) is 15.8 Å². The first-order valence-electron chi connectivity index (χ1n) is 6.96. The van der Waals surface area contributed by atoms with Crippen LogP contribution in [0, 0.1) is 0 Å². The minimum atomic E-state index is 0.0461. The summed E-state index contributed by atoms with van der Waals surface area (Å²) >= 11 is 3.45. The summed E-state index contributed by atoms with van der Waals surface area (Å²) < 4.78 is 8.63. The van der Waals surface area contributed by atoms with Gasteiger partial charge in [0.05, 0.1) is 18.3 Å². The number of fused-ring (bicyclic) bond motifs is 1. The zero-order chi connectivity index (χ0) is 15.5. The maximum absolute atomic E-state index is 5.64. The van der Waals surface area contributed by atoms with Crippen LogP contribution < -0.4 is 10.1 Å². The van der Waals surface area contributed by atoms with Gasteiger partial charge in [-0.15, -0.1) is 0 Å². The molecule has 0 spiro atoms. The predicted molar refractivity (Wildman–Crippen MR) is 88.0 cm³/mol. The highest BCUT2D eigenvalue weighted by Crippen LogP contribution is 2.20. The maximum atomic E-state index is 5.64. The topological polar surface area (TPSA) is 64.3 Å². The number of anilines is 1. The van der Waals surface area contributed by atoms with Crippen molar-refractivity contribution in [2.24, 2.45) is 0 Å². The smallest absolute Gasteiger partial charge is 0.257 e. The number of nitrogens with zero attached hydrogens (tertiary/aromatic N) is 4. The molecule has 7 heteroatoms. The van der Waals surface area contributed by atoms with E-state index in [-0.39, 0.29) is 6.10 Å². The van der Waals surface area contributed by atoms with Gasteiger partial charge in [-0.2, -0.15) is 0 Å². The van der Waals surface area contributed by atoms with Crippen LogP contribution in [0.25, 0.3) is 5.65 Å². The molecule has 0 saturated heterocycles. The van der Waals surface area contributed by atoms with E-state index in [1.165, 1.54) is 0 Å². The van der Waals surface area contributed by atoms with E-state index in [1.807, 2.05) is 42.8 Å². The van der Waals surface area contributed by atoms with E-state index >= 15 is 0 Å². The Morgan fingerprint density at radius 2 is 2.05 bits per heavy atom. The molecule has 3 heterocycles. The molecule has 0 atom stereocenters. The van der Waals surface area contributed by atoms with Crippen molar-refractivity contribution < 1.29 is 4.74 Å². The lowest BCUT2D eigenvalue weighted by atomic mass is 10.4. The Labute approximate surface area is 136 Å². The Morgan fingerprint density at radius 3 is 2.86 bits per heavy atom. The van der Waals surface area contributed by atoms with E-state index in [4.69, 9.17) is 4.74 Å². The van der Waals surface area contributed by atoms with Crippen LogP contribution in [-0.2, 0) is 6.54 Å². The van der Waals surface area contributed by atoms with Gasteiger partial charge in [-0.05, 0) is 41.9 Å². The van der Waals surface area contributed by atoms with Crippen LogP contribution in [0.5, 0.6) is 5.88 Å². The standard InChI is InChI=1S/C15H16BrN5O/c1-10(2)22-15-14(17-5-6-18-15)19-7-12-9-21-8-11(16)3-4-13(21)20-12/h3-6,8-10H,7H2,1-2H3,(H,17,19). The maximum Gasteiger partial charge on any atom is 0.257 e. The summed E-state index contributed by atoms with van der Waals surface area (Å²) in [7, 11) is 0. The van der Waals surface area contributed by atoms with E-state index in [0.29, 0.717) is 18.2 Å². The second kappa shape index (κ2) is 6.31. The van der Waals surface area contributed by atoms with Gasteiger partial charge >= 0.3 is 0 Å². The largest absolute Gasteiger partial charge is 0.472 e. The lowest BCUT2D eigenvalue weighted by Gasteiger charge is -2.12. The lowest BCUT2D eigenvalue weighted by Crippen LogP contribution is -2.11. The van der Waals surface area contributed by atoms with Gasteiger partial charge in [-0.3, -0.25) is 0 Å². The van der Waals surface area contributed by atoms with Crippen LogP contribution in [0.1, 0.15) is 19.5 Å². The molecule has 3 aromatic heterocycles. The molecule has 3 aromatic rings. The van der Waals surface area contributed by atoms with Gasteiger partial charge in [-0.1, -0.05) is 0 Å². The zero-order valence-corrected chi connectivity index (χ0v) is 13.9. The average Bonchev–Trinajstić information content (AvgIpc) is 2.87. The Balaban J connectivity index is 1.76. The molecule has 114 valence electrons. The number of hydrogen-bond acceptors (Lipinski definition) is 5. The first-order chi connectivity index (χ1) is 10.6. The first-order valence-corrected chi connectivity index (χ1v) is 7.76. The first kappa shape index (κ1) is 14.8. The van der Waals surface area contributed by atoms with E-state index in [9.17, 15) is 0 Å². The summed E-state index contributed by atoms with van der Waals surface area (Å²) in [5, 5.41) is 3.22. The van der Waals surface area contributed by atoms with Gasteiger partial charge in [0.2, 0.25) is 0 Å². The van der Waals surface area contributed by atoms with Crippen LogP contribution >= 0.6 is 15.9 Å². The average molecular weight is 362 g/mol. The predicted octanol–water partition coefficient (Wildman–Crippen LogP) is 3.29. The second-order valence-electron chi connectivity index (χ2n) is 5.08. The molecule has 6 nitrogen and oxygen atoms in total. The Hall–Kier alpha value is -2.15. The Morgan fingerprint density at radius 1 is 1.23 bits per heavy atom. The van der Waals surface area contributed by atoms with Gasteiger partial charge in [0, 0.05) is 29.3 Å². The van der Waals surface area contributed by atoms with E-state index < -0.39 is 0 Å². The Kier molecular flexibility index (Phi) is 4.24. The number of rotatable bonds is 5. The highest BCUT2D eigenvalue weighted by Gasteiger charge is 2.09. The van der Waals surface area contributed by atoms with Crippen LogP contribution in [0.3, 0.4) is 0 Å². The molecular weight excluding hydrogens is 346 g/mol. The molecule has 0 aromatic carbocycles. The normalized spacial score (nSPS) is 11.1. The van der Waals surface area contributed by atoms with Crippen LogP contribution in [0.4, 0.5) is 5.82 Å². The number of nitrogens with one attached hydrogen (secondary N) is 1. The zero-order valence-electron chi connectivity index (χ0n) is 12.3. The molecule has 0 bridgehead atoms. The SMILES string of the molecule is CC(C)Oc1nccnc1NCc1cn2cc(Br)ccc2n1. The van der Waals surface area contributed by atoms with Gasteiger partial charge in [-0.25, -0.2) is 15.0 Å². The number of imidazole rings is 1. The third-order valence-electron chi connectivity index (χ3n) is 2.91. The van der Waals surface area contributed by atoms with Crippen molar-refractivity contribution in [3.05, 3.63) is 47.1 Å². The lowest BCUT2D eigenvalue weighted by molar-refractivity contribution is 0.233. The van der Waals surface area contributed by atoms with Crippen LogP contribution in [0.2, 0.25) is 0 Å². The fourth-order valence-electron chi connectivity index (χ4n) is 2.03. The number of aromatic nitrogens is 4. The molecule has 3 rings (SSSR count). The third-order valence-corrected chi connectivity index (χ3v) is 3.38. The number of ether oxygens (including phenoxy) is 1.